The zero-order valence-electron chi connectivity index (χ0n) is 11.1. The maximum absolute atomic E-state index is 13.5. The summed E-state index contributed by atoms with van der Waals surface area (Å²) in [7, 11) is 0.967. The maximum atomic E-state index is 13.5. The van der Waals surface area contributed by atoms with E-state index < -0.39 is 30.0 Å². The lowest BCUT2D eigenvalue weighted by Crippen LogP contribution is -2.54. The molecule has 0 heterocycles. The van der Waals surface area contributed by atoms with Gasteiger partial charge in [-0.05, 0) is 12.5 Å². The zero-order valence-corrected chi connectivity index (χ0v) is 11.1. The molecule has 0 N–H and O–H groups in total. The summed E-state index contributed by atoms with van der Waals surface area (Å²) in [5.41, 5.74) is -1.91. The summed E-state index contributed by atoms with van der Waals surface area (Å²) >= 11 is 0. The zero-order chi connectivity index (χ0) is 16.5. The van der Waals surface area contributed by atoms with Crippen LogP contribution in [0.5, 0.6) is 0 Å². The highest BCUT2D eigenvalue weighted by atomic mass is 19.4. The van der Waals surface area contributed by atoms with Crippen LogP contribution in [0.4, 0.5) is 30.7 Å². The van der Waals surface area contributed by atoms with Crippen LogP contribution in [-0.4, -0.2) is 25.1 Å². The van der Waals surface area contributed by atoms with Crippen LogP contribution in [0.3, 0.4) is 0 Å². The average molecular weight is 318 g/mol. The Morgan fingerprint density at radius 3 is 1.76 bits per heavy atom. The fourth-order valence-corrected chi connectivity index (χ4v) is 1.82. The fourth-order valence-electron chi connectivity index (χ4n) is 1.82. The van der Waals surface area contributed by atoms with E-state index >= 15 is 0 Å². The molecule has 1 nitrogen and oxygen atoms in total. The minimum atomic E-state index is -6.35. The first-order valence-corrected chi connectivity index (χ1v) is 5.80. The summed E-state index contributed by atoms with van der Waals surface area (Å²) in [6, 6.07) is 7.04. The first-order valence-electron chi connectivity index (χ1n) is 5.80. The van der Waals surface area contributed by atoms with E-state index in [0.29, 0.717) is 0 Å². The molecule has 1 unspecified atom stereocenters. The third kappa shape index (κ3) is 3.30. The predicted octanol–water partition coefficient (Wildman–Crippen LogP) is 4.77. The highest BCUT2D eigenvalue weighted by Crippen LogP contribution is 2.51. The molecule has 0 radical (unpaired) electrons. The molecular weight excluding hydrogens is 305 g/mol. The van der Waals surface area contributed by atoms with E-state index in [4.69, 9.17) is 4.74 Å². The van der Waals surface area contributed by atoms with Crippen LogP contribution in [0.25, 0.3) is 0 Å². The van der Waals surface area contributed by atoms with Crippen LogP contribution in [-0.2, 0) is 10.3 Å². The van der Waals surface area contributed by atoms with Gasteiger partial charge in [0.15, 0.2) is 0 Å². The lowest BCUT2D eigenvalue weighted by atomic mass is 9.87. The van der Waals surface area contributed by atoms with Crippen LogP contribution < -0.4 is 0 Å². The lowest BCUT2D eigenvalue weighted by Gasteiger charge is -2.36. The Bertz CT molecular complexity index is 469. The van der Waals surface area contributed by atoms with Crippen molar-refractivity contribution in [1.29, 1.82) is 0 Å². The van der Waals surface area contributed by atoms with Crippen LogP contribution in [0.1, 0.15) is 18.9 Å². The van der Waals surface area contributed by atoms with Gasteiger partial charge in [0.05, 0.1) is 12.0 Å². The molecule has 1 aromatic rings. The Morgan fingerprint density at radius 2 is 1.38 bits per heavy atom. The number of rotatable bonds is 5. The van der Waals surface area contributed by atoms with Crippen molar-refractivity contribution in [2.24, 2.45) is 0 Å². The van der Waals surface area contributed by atoms with Crippen LogP contribution in [0.2, 0.25) is 0 Å². The van der Waals surface area contributed by atoms with Crippen molar-refractivity contribution in [1.82, 2.24) is 0 Å². The van der Waals surface area contributed by atoms with E-state index in [9.17, 15) is 30.7 Å². The van der Waals surface area contributed by atoms with Gasteiger partial charge in [0.1, 0.15) is 0 Å². The van der Waals surface area contributed by atoms with Crippen molar-refractivity contribution in [3.63, 3.8) is 0 Å². The van der Waals surface area contributed by atoms with E-state index in [1.165, 1.54) is 24.3 Å². The van der Waals surface area contributed by atoms with Gasteiger partial charge in [0.25, 0.3) is 0 Å². The largest absolute Gasteiger partial charge is 0.459 e. The third-order valence-electron chi connectivity index (χ3n) is 3.21. The molecule has 0 fully saturated rings. The average Bonchev–Trinajstić information content (AvgIpc) is 2.37. The van der Waals surface area contributed by atoms with Gasteiger partial charge in [-0.1, -0.05) is 30.3 Å². The highest BCUT2D eigenvalue weighted by molar-refractivity contribution is 5.22. The van der Waals surface area contributed by atoms with Gasteiger partial charge in [0, 0.05) is 7.11 Å². The lowest BCUT2D eigenvalue weighted by molar-refractivity contribution is -0.361. The van der Waals surface area contributed by atoms with Crippen LogP contribution in [0.15, 0.2) is 30.3 Å². The molecular formula is C13H13F7O. The SMILES string of the molecule is COC(C)(CC(F)(F)C(F)(F)C(F)(F)F)c1ccccc1. The Hall–Kier alpha value is -1.31. The topological polar surface area (TPSA) is 9.23 Å². The van der Waals surface area contributed by atoms with Crippen LogP contribution >= 0.6 is 0 Å². The molecule has 0 amide bonds. The Labute approximate surface area is 116 Å². The normalized spacial score (nSPS) is 16.6. The van der Waals surface area contributed by atoms with Gasteiger partial charge in [0.2, 0.25) is 0 Å². The maximum Gasteiger partial charge on any atom is 0.459 e. The van der Waals surface area contributed by atoms with E-state index in [2.05, 4.69) is 0 Å². The van der Waals surface area contributed by atoms with Gasteiger partial charge in [-0.2, -0.15) is 30.7 Å². The molecule has 0 saturated carbocycles. The Morgan fingerprint density at radius 1 is 0.905 bits per heavy atom. The van der Waals surface area contributed by atoms with Crippen molar-refractivity contribution >= 4 is 0 Å². The molecule has 1 rings (SSSR count). The second kappa shape index (κ2) is 5.47. The minimum absolute atomic E-state index is 0.0742. The monoisotopic (exact) mass is 318 g/mol. The molecule has 120 valence electrons. The molecule has 8 heteroatoms. The summed E-state index contributed by atoms with van der Waals surface area (Å²) in [6.45, 7) is 1.03. The smallest absolute Gasteiger partial charge is 0.374 e. The molecule has 0 aromatic heterocycles. The first-order chi connectivity index (χ1) is 9.37. The summed E-state index contributed by atoms with van der Waals surface area (Å²) in [5.74, 6) is -11.5. The molecule has 1 atom stereocenters. The molecule has 0 spiro atoms. The van der Waals surface area contributed by atoms with E-state index in [0.717, 1.165) is 14.0 Å². The quantitative estimate of drug-likeness (QED) is 0.711. The van der Waals surface area contributed by atoms with Crippen LogP contribution in [0, 0.1) is 0 Å². The number of ether oxygens (including phenoxy) is 1. The molecule has 0 saturated heterocycles. The Kier molecular flexibility index (Phi) is 4.62. The van der Waals surface area contributed by atoms with Crippen molar-refractivity contribution < 1.29 is 35.5 Å². The molecule has 21 heavy (non-hydrogen) atoms. The molecule has 0 bridgehead atoms. The number of benzene rings is 1. The van der Waals surface area contributed by atoms with Gasteiger partial charge >= 0.3 is 18.0 Å². The van der Waals surface area contributed by atoms with Gasteiger partial charge in [-0.15, -0.1) is 0 Å². The standard InChI is InChI=1S/C13H13F7O/c1-10(21-2,9-6-4-3-5-7-9)8-11(14,15)12(16,17)13(18,19)20/h3-7H,8H2,1-2H3. The number of alkyl halides is 7. The second-order valence-corrected chi connectivity index (χ2v) is 4.75. The van der Waals surface area contributed by atoms with Crippen molar-refractivity contribution in [2.75, 3.05) is 7.11 Å². The third-order valence-corrected chi connectivity index (χ3v) is 3.21. The molecule has 1 aromatic carbocycles. The molecule has 0 aliphatic heterocycles. The van der Waals surface area contributed by atoms with E-state index in [1.54, 1.807) is 6.07 Å². The molecule has 0 aliphatic rings. The fraction of sp³-hybridized carbons (Fsp3) is 0.538. The minimum Gasteiger partial charge on any atom is -0.374 e. The second-order valence-electron chi connectivity index (χ2n) is 4.75. The first kappa shape index (κ1) is 17.7. The highest BCUT2D eigenvalue weighted by Gasteiger charge is 2.73. The summed E-state index contributed by atoms with van der Waals surface area (Å²) in [5, 5.41) is 0. The molecule has 0 aliphatic carbocycles. The van der Waals surface area contributed by atoms with Gasteiger partial charge in [-0.3, -0.25) is 0 Å². The Balaban J connectivity index is 3.17. The predicted molar refractivity (Wildman–Crippen MR) is 61.4 cm³/mol. The van der Waals surface area contributed by atoms with Crippen molar-refractivity contribution in [2.45, 2.75) is 37.0 Å². The van der Waals surface area contributed by atoms with E-state index in [-0.39, 0.29) is 5.56 Å². The van der Waals surface area contributed by atoms with Gasteiger partial charge < -0.3 is 4.74 Å². The number of hydrogen-bond acceptors (Lipinski definition) is 1. The number of methoxy groups -OCH3 is 1. The van der Waals surface area contributed by atoms with Crippen molar-refractivity contribution in [3.05, 3.63) is 35.9 Å². The number of halogens is 7. The van der Waals surface area contributed by atoms with Gasteiger partial charge in [-0.25, -0.2) is 0 Å². The summed E-state index contributed by atoms with van der Waals surface area (Å²) in [4.78, 5) is 0. The van der Waals surface area contributed by atoms with E-state index in [1.807, 2.05) is 0 Å². The summed E-state index contributed by atoms with van der Waals surface area (Å²) in [6.07, 6.45) is -8.16. The number of hydrogen-bond donors (Lipinski definition) is 0. The summed E-state index contributed by atoms with van der Waals surface area (Å²) < 4.78 is 94.2. The van der Waals surface area contributed by atoms with Crippen molar-refractivity contribution in [3.8, 4) is 0 Å².